The van der Waals surface area contributed by atoms with Gasteiger partial charge in [0.15, 0.2) is 0 Å². The number of unbranched alkanes of at least 4 members (excludes halogenated alkanes) is 1. The Balaban J connectivity index is 2.14. The number of carbonyl (C=O) groups excluding carboxylic acids is 3. The summed E-state index contributed by atoms with van der Waals surface area (Å²) in [5.74, 6) is -5.39. The van der Waals surface area contributed by atoms with E-state index in [1.165, 1.54) is 0 Å². The van der Waals surface area contributed by atoms with Gasteiger partial charge in [-0.1, -0.05) is 32.0 Å². The maximum absolute atomic E-state index is 13.1. The van der Waals surface area contributed by atoms with Gasteiger partial charge in [0.1, 0.15) is 18.1 Å². The highest BCUT2D eigenvalue weighted by Gasteiger charge is 2.32. The lowest BCUT2D eigenvalue weighted by Crippen LogP contribution is -2.58. The van der Waals surface area contributed by atoms with Crippen molar-refractivity contribution in [2.24, 2.45) is 17.4 Å². The molecular formula is C26H38N6O7. The van der Waals surface area contributed by atoms with E-state index in [0.717, 1.165) is 16.5 Å². The number of benzene rings is 1. The topological polar surface area (TPSA) is 230 Å². The molecule has 0 aliphatic rings. The van der Waals surface area contributed by atoms with Gasteiger partial charge in [0.05, 0.1) is 12.5 Å². The zero-order chi connectivity index (χ0) is 29.1. The van der Waals surface area contributed by atoms with Crippen LogP contribution in [0.4, 0.5) is 0 Å². The Morgan fingerprint density at radius 1 is 0.923 bits per heavy atom. The molecule has 3 amide bonds. The summed E-state index contributed by atoms with van der Waals surface area (Å²) in [7, 11) is 0. The minimum Gasteiger partial charge on any atom is -0.481 e. The quantitative estimate of drug-likeness (QED) is 0.131. The largest absolute Gasteiger partial charge is 0.481 e. The summed E-state index contributed by atoms with van der Waals surface area (Å²) in [5.41, 5.74) is 13.3. The Kier molecular flexibility index (Phi) is 11.9. The van der Waals surface area contributed by atoms with E-state index in [0.29, 0.717) is 19.4 Å². The van der Waals surface area contributed by atoms with Crippen molar-refractivity contribution >= 4 is 40.6 Å². The molecule has 4 atom stereocenters. The van der Waals surface area contributed by atoms with Crippen LogP contribution in [0.5, 0.6) is 0 Å². The highest BCUT2D eigenvalue weighted by atomic mass is 16.4. The number of fused-ring (bicyclic) bond motifs is 1. The molecule has 1 aromatic carbocycles. The Morgan fingerprint density at radius 2 is 1.56 bits per heavy atom. The molecule has 1 heterocycles. The van der Waals surface area contributed by atoms with Crippen LogP contribution < -0.4 is 27.4 Å². The van der Waals surface area contributed by atoms with Gasteiger partial charge in [-0.2, -0.15) is 0 Å². The number of carboxylic acids is 2. The highest BCUT2D eigenvalue weighted by Crippen LogP contribution is 2.19. The normalized spacial score (nSPS) is 14.3. The number of carboxylic acid groups (broad SMARTS) is 2. The molecule has 0 fully saturated rings. The number of aromatic amines is 1. The molecule has 13 heteroatoms. The van der Waals surface area contributed by atoms with Crippen LogP contribution in [-0.2, 0) is 30.4 Å². The number of hydrogen-bond acceptors (Lipinski definition) is 7. The van der Waals surface area contributed by atoms with E-state index in [9.17, 15) is 34.2 Å². The second-order valence-corrected chi connectivity index (χ2v) is 9.74. The summed E-state index contributed by atoms with van der Waals surface area (Å²) in [5, 5.41) is 26.9. The standard InChI is InChI=1S/C26H38N6O7/c1-14(2)22(26(38)39)32-24(36)19(9-5-6-10-27)30-25(37)20(12-21(33)34)31-23(35)17(28)11-15-13-29-18-8-4-3-7-16(15)18/h3-4,7-8,13-14,17,19-20,22,29H,5-6,9-12,27-28H2,1-2H3,(H,30,37)(H,31,35)(H,32,36)(H,33,34)(H,38,39). The molecular weight excluding hydrogens is 508 g/mol. The molecule has 0 radical (unpaired) electrons. The third-order valence-corrected chi connectivity index (χ3v) is 6.27. The van der Waals surface area contributed by atoms with Crippen molar-refractivity contribution in [3.05, 3.63) is 36.0 Å². The number of aliphatic carboxylic acids is 2. The van der Waals surface area contributed by atoms with Gasteiger partial charge in [-0.3, -0.25) is 19.2 Å². The van der Waals surface area contributed by atoms with Gasteiger partial charge in [0, 0.05) is 17.1 Å². The molecule has 0 saturated heterocycles. The molecule has 0 saturated carbocycles. The van der Waals surface area contributed by atoms with Gasteiger partial charge in [0.2, 0.25) is 17.7 Å². The molecule has 0 aliphatic carbocycles. The molecule has 0 bridgehead atoms. The predicted octanol–water partition coefficient (Wildman–Crippen LogP) is -0.164. The van der Waals surface area contributed by atoms with Crippen molar-refractivity contribution in [2.45, 2.75) is 70.1 Å². The van der Waals surface area contributed by atoms with Crippen LogP contribution >= 0.6 is 0 Å². The molecule has 13 nitrogen and oxygen atoms in total. The smallest absolute Gasteiger partial charge is 0.326 e. The lowest BCUT2D eigenvalue weighted by molar-refractivity contribution is -0.144. The first-order valence-electron chi connectivity index (χ1n) is 12.8. The first-order valence-corrected chi connectivity index (χ1v) is 12.8. The lowest BCUT2D eigenvalue weighted by atomic mass is 10.0. The van der Waals surface area contributed by atoms with E-state index < -0.39 is 66.2 Å². The lowest BCUT2D eigenvalue weighted by Gasteiger charge is -2.25. The van der Waals surface area contributed by atoms with Crippen LogP contribution in [0.2, 0.25) is 0 Å². The Hall–Kier alpha value is -3.97. The molecule has 0 aliphatic heterocycles. The van der Waals surface area contributed by atoms with Crippen LogP contribution in [0, 0.1) is 5.92 Å². The maximum Gasteiger partial charge on any atom is 0.326 e. The minimum atomic E-state index is -1.52. The average molecular weight is 547 g/mol. The van der Waals surface area contributed by atoms with Gasteiger partial charge < -0.3 is 42.6 Å². The van der Waals surface area contributed by atoms with E-state index in [2.05, 4.69) is 20.9 Å². The van der Waals surface area contributed by atoms with E-state index in [1.54, 1.807) is 20.0 Å². The van der Waals surface area contributed by atoms with Gasteiger partial charge in [-0.25, -0.2) is 4.79 Å². The molecule has 10 N–H and O–H groups in total. The number of amides is 3. The molecule has 39 heavy (non-hydrogen) atoms. The van der Waals surface area contributed by atoms with Crippen molar-refractivity contribution in [1.29, 1.82) is 0 Å². The van der Waals surface area contributed by atoms with E-state index >= 15 is 0 Å². The summed E-state index contributed by atoms with van der Waals surface area (Å²) in [6, 6.07) is 2.49. The predicted molar refractivity (Wildman–Crippen MR) is 143 cm³/mol. The average Bonchev–Trinajstić information content (AvgIpc) is 3.28. The molecule has 214 valence electrons. The minimum absolute atomic E-state index is 0.132. The van der Waals surface area contributed by atoms with Crippen molar-refractivity contribution in [1.82, 2.24) is 20.9 Å². The number of carbonyl (C=O) groups is 5. The number of H-pyrrole nitrogens is 1. The van der Waals surface area contributed by atoms with Crippen LogP contribution in [0.3, 0.4) is 0 Å². The number of nitrogens with two attached hydrogens (primary N) is 2. The van der Waals surface area contributed by atoms with Gasteiger partial charge in [0.25, 0.3) is 0 Å². The van der Waals surface area contributed by atoms with E-state index in [4.69, 9.17) is 11.5 Å². The SMILES string of the molecule is CC(C)C(NC(=O)C(CCCCN)NC(=O)C(CC(=O)O)NC(=O)C(N)Cc1c[nH]c2ccccc12)C(=O)O. The van der Waals surface area contributed by atoms with Crippen LogP contribution in [-0.4, -0.2) is 75.6 Å². The van der Waals surface area contributed by atoms with Crippen LogP contribution in [0.1, 0.15) is 45.1 Å². The molecule has 4 unspecified atom stereocenters. The van der Waals surface area contributed by atoms with Gasteiger partial charge in [-0.15, -0.1) is 0 Å². The summed E-state index contributed by atoms with van der Waals surface area (Å²) in [6.07, 6.45) is 2.23. The Bertz CT molecular complexity index is 1160. The fourth-order valence-corrected chi connectivity index (χ4v) is 4.09. The number of nitrogens with one attached hydrogen (secondary N) is 4. The molecule has 0 spiro atoms. The first-order chi connectivity index (χ1) is 18.4. The third kappa shape index (κ3) is 9.37. The molecule has 2 aromatic rings. The second-order valence-electron chi connectivity index (χ2n) is 9.74. The number of hydrogen-bond donors (Lipinski definition) is 8. The van der Waals surface area contributed by atoms with Crippen LogP contribution in [0.25, 0.3) is 10.9 Å². The molecule has 2 rings (SSSR count). The van der Waals surface area contributed by atoms with E-state index in [1.807, 2.05) is 24.3 Å². The van der Waals surface area contributed by atoms with Crippen molar-refractivity contribution in [3.8, 4) is 0 Å². The number of para-hydroxylation sites is 1. The monoisotopic (exact) mass is 546 g/mol. The zero-order valence-corrected chi connectivity index (χ0v) is 22.1. The zero-order valence-electron chi connectivity index (χ0n) is 22.1. The summed E-state index contributed by atoms with van der Waals surface area (Å²) in [4.78, 5) is 64.9. The summed E-state index contributed by atoms with van der Waals surface area (Å²) in [6.45, 7) is 3.59. The second kappa shape index (κ2) is 14.8. The maximum atomic E-state index is 13.1. The fourth-order valence-electron chi connectivity index (χ4n) is 4.09. The van der Waals surface area contributed by atoms with Crippen LogP contribution in [0.15, 0.2) is 30.5 Å². The Morgan fingerprint density at radius 3 is 2.18 bits per heavy atom. The number of rotatable bonds is 16. The van der Waals surface area contributed by atoms with Gasteiger partial charge in [-0.05, 0) is 49.8 Å². The Labute approximate surface area is 226 Å². The highest BCUT2D eigenvalue weighted by molar-refractivity contribution is 5.96. The third-order valence-electron chi connectivity index (χ3n) is 6.27. The van der Waals surface area contributed by atoms with E-state index in [-0.39, 0.29) is 12.8 Å². The van der Waals surface area contributed by atoms with Crippen molar-refractivity contribution in [3.63, 3.8) is 0 Å². The first kappa shape index (κ1) is 31.2. The van der Waals surface area contributed by atoms with Gasteiger partial charge >= 0.3 is 11.9 Å². The van der Waals surface area contributed by atoms with Crippen molar-refractivity contribution in [2.75, 3.05) is 6.54 Å². The van der Waals surface area contributed by atoms with Crippen molar-refractivity contribution < 1.29 is 34.2 Å². The summed E-state index contributed by atoms with van der Waals surface area (Å²) < 4.78 is 0. The summed E-state index contributed by atoms with van der Waals surface area (Å²) >= 11 is 0. The number of aromatic nitrogens is 1. The molecule has 1 aromatic heterocycles. The fraction of sp³-hybridized carbons (Fsp3) is 0.500.